The molecule has 0 unspecified atom stereocenters. The topological polar surface area (TPSA) is 67.8 Å². The molecular formula is C5H9F3N2O2. The second-order valence-electron chi connectivity index (χ2n) is 2.01. The number of ether oxygens (including phenoxy) is 1. The highest BCUT2D eigenvalue weighted by Crippen LogP contribution is 2.14. The number of amidine groups is 1. The predicted octanol–water partition coefficient (Wildman–Crippen LogP) is 0.702. The predicted molar refractivity (Wildman–Crippen MR) is 34.9 cm³/mol. The van der Waals surface area contributed by atoms with Crippen LogP contribution in [0.3, 0.4) is 0 Å². The van der Waals surface area contributed by atoms with Crippen LogP contribution in [0.4, 0.5) is 13.2 Å². The minimum Gasteiger partial charge on any atom is -0.409 e. The standard InChI is InChI=1S/C5H9F3N2O2/c6-5(7,8)3-12-2-1-4(9)10-11/h11H,1-3H2,(H2,9,10). The van der Waals surface area contributed by atoms with E-state index in [1.807, 2.05) is 0 Å². The van der Waals surface area contributed by atoms with E-state index in [2.05, 4.69) is 9.89 Å². The van der Waals surface area contributed by atoms with Crippen molar-refractivity contribution in [1.29, 1.82) is 0 Å². The number of alkyl halides is 3. The van der Waals surface area contributed by atoms with E-state index in [0.717, 1.165) is 0 Å². The van der Waals surface area contributed by atoms with Gasteiger partial charge in [-0.3, -0.25) is 0 Å². The van der Waals surface area contributed by atoms with Crippen molar-refractivity contribution in [1.82, 2.24) is 0 Å². The van der Waals surface area contributed by atoms with E-state index in [1.165, 1.54) is 0 Å². The van der Waals surface area contributed by atoms with Crippen molar-refractivity contribution in [3.05, 3.63) is 0 Å². The zero-order valence-corrected chi connectivity index (χ0v) is 6.14. The summed E-state index contributed by atoms with van der Waals surface area (Å²) in [7, 11) is 0. The van der Waals surface area contributed by atoms with Crippen molar-refractivity contribution in [3.8, 4) is 0 Å². The first-order chi connectivity index (χ1) is 5.45. The summed E-state index contributed by atoms with van der Waals surface area (Å²) in [6, 6.07) is 0. The SMILES string of the molecule is N/C(CCOCC(F)(F)F)=N\O. The fourth-order valence-electron chi connectivity index (χ4n) is 0.415. The maximum Gasteiger partial charge on any atom is 0.411 e. The Morgan fingerprint density at radius 1 is 1.50 bits per heavy atom. The normalized spacial score (nSPS) is 13.4. The van der Waals surface area contributed by atoms with Crippen LogP contribution in [0, 0.1) is 0 Å². The number of oxime groups is 1. The summed E-state index contributed by atoms with van der Waals surface area (Å²) >= 11 is 0. The van der Waals surface area contributed by atoms with Crippen LogP contribution in [-0.2, 0) is 4.74 Å². The van der Waals surface area contributed by atoms with Gasteiger partial charge in [-0.2, -0.15) is 13.2 Å². The average molecular weight is 186 g/mol. The zero-order valence-electron chi connectivity index (χ0n) is 6.14. The highest BCUT2D eigenvalue weighted by Gasteiger charge is 2.27. The maximum absolute atomic E-state index is 11.4. The van der Waals surface area contributed by atoms with Gasteiger partial charge < -0.3 is 15.7 Å². The Balaban J connectivity index is 3.34. The summed E-state index contributed by atoms with van der Waals surface area (Å²) in [6.45, 7) is -1.53. The first-order valence-electron chi connectivity index (χ1n) is 3.06. The van der Waals surface area contributed by atoms with Gasteiger partial charge in [-0.15, -0.1) is 0 Å². The molecule has 7 heteroatoms. The van der Waals surface area contributed by atoms with Gasteiger partial charge in [0.05, 0.1) is 6.61 Å². The lowest BCUT2D eigenvalue weighted by molar-refractivity contribution is -0.173. The third kappa shape index (κ3) is 7.13. The first-order valence-corrected chi connectivity index (χ1v) is 3.06. The summed E-state index contributed by atoms with van der Waals surface area (Å²) in [5.74, 6) is -0.155. The van der Waals surface area contributed by atoms with Gasteiger partial charge in [-0.25, -0.2) is 0 Å². The van der Waals surface area contributed by atoms with Crippen molar-refractivity contribution >= 4 is 5.84 Å². The molecule has 0 aliphatic rings. The molecule has 0 aromatic carbocycles. The molecule has 0 saturated carbocycles. The van der Waals surface area contributed by atoms with E-state index in [1.54, 1.807) is 0 Å². The third-order valence-electron chi connectivity index (χ3n) is 0.897. The fourth-order valence-corrected chi connectivity index (χ4v) is 0.415. The number of rotatable bonds is 4. The Bertz CT molecular complexity index is 157. The monoisotopic (exact) mass is 186 g/mol. The van der Waals surface area contributed by atoms with E-state index in [9.17, 15) is 13.2 Å². The number of nitrogens with zero attached hydrogens (tertiary/aromatic N) is 1. The van der Waals surface area contributed by atoms with Gasteiger partial charge >= 0.3 is 6.18 Å². The quantitative estimate of drug-likeness (QED) is 0.223. The summed E-state index contributed by atoms with van der Waals surface area (Å²) in [6.07, 6.45) is -4.35. The van der Waals surface area contributed by atoms with E-state index < -0.39 is 12.8 Å². The van der Waals surface area contributed by atoms with Gasteiger partial charge in [0.1, 0.15) is 12.4 Å². The van der Waals surface area contributed by atoms with Gasteiger partial charge in [-0.05, 0) is 0 Å². The van der Waals surface area contributed by atoms with Crippen LogP contribution in [0.15, 0.2) is 5.16 Å². The molecule has 0 aliphatic carbocycles. The van der Waals surface area contributed by atoms with Crippen LogP contribution in [-0.4, -0.2) is 30.4 Å². The van der Waals surface area contributed by atoms with Gasteiger partial charge in [0.2, 0.25) is 0 Å². The Morgan fingerprint density at radius 3 is 2.50 bits per heavy atom. The van der Waals surface area contributed by atoms with Crippen LogP contribution in [0.25, 0.3) is 0 Å². The number of hydrogen-bond donors (Lipinski definition) is 2. The van der Waals surface area contributed by atoms with Gasteiger partial charge in [-0.1, -0.05) is 5.16 Å². The maximum atomic E-state index is 11.4. The van der Waals surface area contributed by atoms with Crippen molar-refractivity contribution in [2.75, 3.05) is 13.2 Å². The lowest BCUT2D eigenvalue weighted by Gasteiger charge is -2.06. The second kappa shape index (κ2) is 4.81. The summed E-state index contributed by atoms with van der Waals surface area (Å²) < 4.78 is 38.5. The molecule has 0 spiro atoms. The number of nitrogens with two attached hydrogens (primary N) is 1. The lowest BCUT2D eigenvalue weighted by atomic mass is 10.4. The van der Waals surface area contributed by atoms with E-state index >= 15 is 0 Å². The Labute approximate surface area is 66.8 Å². The molecule has 0 aromatic rings. The van der Waals surface area contributed by atoms with Gasteiger partial charge in [0.15, 0.2) is 0 Å². The molecule has 12 heavy (non-hydrogen) atoms. The van der Waals surface area contributed by atoms with E-state index in [4.69, 9.17) is 10.9 Å². The Kier molecular flexibility index (Phi) is 4.42. The zero-order chi connectivity index (χ0) is 9.61. The molecule has 0 bridgehead atoms. The molecule has 0 rings (SSSR count). The van der Waals surface area contributed by atoms with Crippen LogP contribution in [0.2, 0.25) is 0 Å². The van der Waals surface area contributed by atoms with Crippen LogP contribution < -0.4 is 5.73 Å². The molecule has 0 heterocycles. The molecular weight excluding hydrogens is 177 g/mol. The minimum absolute atomic E-state index is 0.0213. The van der Waals surface area contributed by atoms with Crippen molar-refractivity contribution < 1.29 is 23.1 Å². The minimum atomic E-state index is -4.33. The highest BCUT2D eigenvalue weighted by atomic mass is 19.4. The van der Waals surface area contributed by atoms with Crippen molar-refractivity contribution in [2.45, 2.75) is 12.6 Å². The first kappa shape index (κ1) is 11.0. The van der Waals surface area contributed by atoms with Crippen LogP contribution >= 0.6 is 0 Å². The van der Waals surface area contributed by atoms with Crippen LogP contribution in [0.5, 0.6) is 0 Å². The molecule has 0 fully saturated rings. The fraction of sp³-hybridized carbons (Fsp3) is 0.800. The van der Waals surface area contributed by atoms with Crippen molar-refractivity contribution in [2.24, 2.45) is 10.9 Å². The molecule has 0 atom stereocenters. The third-order valence-corrected chi connectivity index (χ3v) is 0.897. The van der Waals surface area contributed by atoms with Gasteiger partial charge in [0.25, 0.3) is 0 Å². The highest BCUT2D eigenvalue weighted by molar-refractivity contribution is 5.79. The molecule has 0 amide bonds. The number of hydrogen-bond acceptors (Lipinski definition) is 3. The molecule has 0 radical (unpaired) electrons. The summed E-state index contributed by atoms with van der Waals surface area (Å²) in [5, 5.41) is 10.5. The molecule has 4 nitrogen and oxygen atoms in total. The second-order valence-corrected chi connectivity index (χ2v) is 2.01. The lowest BCUT2D eigenvalue weighted by Crippen LogP contribution is -2.20. The smallest absolute Gasteiger partial charge is 0.409 e. The Morgan fingerprint density at radius 2 is 2.08 bits per heavy atom. The molecule has 3 N–H and O–H groups in total. The molecule has 0 aliphatic heterocycles. The Hall–Kier alpha value is -0.980. The average Bonchev–Trinajstić information content (AvgIpc) is 1.96. The van der Waals surface area contributed by atoms with Crippen LogP contribution in [0.1, 0.15) is 6.42 Å². The van der Waals surface area contributed by atoms with Crippen molar-refractivity contribution in [3.63, 3.8) is 0 Å². The number of halogens is 3. The van der Waals surface area contributed by atoms with E-state index in [-0.39, 0.29) is 18.9 Å². The largest absolute Gasteiger partial charge is 0.411 e. The molecule has 72 valence electrons. The van der Waals surface area contributed by atoms with E-state index in [0.29, 0.717) is 0 Å². The molecule has 0 saturated heterocycles. The summed E-state index contributed by atoms with van der Waals surface area (Å²) in [4.78, 5) is 0. The summed E-state index contributed by atoms with van der Waals surface area (Å²) in [5.41, 5.74) is 4.96. The van der Waals surface area contributed by atoms with Gasteiger partial charge in [0, 0.05) is 6.42 Å². The molecule has 0 aromatic heterocycles.